The second kappa shape index (κ2) is 8.23. The number of hydrogen-bond donors (Lipinski definition) is 2. The zero-order valence-corrected chi connectivity index (χ0v) is 15.4. The number of carbonyl (C=O) groups is 1. The van der Waals surface area contributed by atoms with Crippen LogP contribution in [-0.4, -0.2) is 28.2 Å². The summed E-state index contributed by atoms with van der Waals surface area (Å²) in [5.41, 5.74) is 1.18. The van der Waals surface area contributed by atoms with Crippen LogP contribution in [0.4, 0.5) is 5.82 Å². The van der Waals surface area contributed by atoms with Crippen LogP contribution in [0.5, 0.6) is 5.75 Å². The van der Waals surface area contributed by atoms with Crippen molar-refractivity contribution in [1.82, 2.24) is 9.97 Å². The molecule has 0 spiro atoms. The Kier molecular flexibility index (Phi) is 5.78. The number of aromatic amines is 1. The number of aromatic nitrogens is 2. The number of hydrogen-bond acceptors (Lipinski definition) is 5. The van der Waals surface area contributed by atoms with Gasteiger partial charge in [0.1, 0.15) is 18.2 Å². The summed E-state index contributed by atoms with van der Waals surface area (Å²) in [6, 6.07) is 7.42. The normalized spacial score (nSPS) is 15.9. The van der Waals surface area contributed by atoms with E-state index in [1.165, 1.54) is 11.8 Å². The molecule has 1 amide bonds. The molecule has 2 heterocycles. The van der Waals surface area contributed by atoms with Crippen molar-refractivity contribution in [3.63, 3.8) is 0 Å². The van der Waals surface area contributed by atoms with Gasteiger partial charge in [0, 0.05) is 18.1 Å². The summed E-state index contributed by atoms with van der Waals surface area (Å²) in [5, 5.41) is 3.27. The first kappa shape index (κ1) is 18.3. The summed E-state index contributed by atoms with van der Waals surface area (Å²) >= 11 is 1.47. The standard InChI is InChI=1S/C19H21N3O3S/c1-3-9-25-13-7-5-12(6-8-13)14-11-15(23)20-17-16(14)18(24)22-19(21-17)26-10-4-2/h3,5-8,14H,1,4,9-11H2,2H3,(H2,20,21,22,23,24)/t14-/m1/s1. The van der Waals surface area contributed by atoms with E-state index < -0.39 is 0 Å². The predicted octanol–water partition coefficient (Wildman–Crippen LogP) is 3.31. The fourth-order valence-electron chi connectivity index (χ4n) is 2.85. The van der Waals surface area contributed by atoms with Gasteiger partial charge in [0.15, 0.2) is 5.16 Å². The highest BCUT2D eigenvalue weighted by Gasteiger charge is 2.30. The molecule has 1 aromatic carbocycles. The molecule has 1 aliphatic rings. The van der Waals surface area contributed by atoms with E-state index in [0.29, 0.717) is 28.9 Å². The first-order valence-electron chi connectivity index (χ1n) is 8.53. The van der Waals surface area contributed by atoms with Crippen molar-refractivity contribution in [2.75, 3.05) is 17.7 Å². The van der Waals surface area contributed by atoms with Crippen molar-refractivity contribution in [2.24, 2.45) is 0 Å². The number of amides is 1. The lowest BCUT2D eigenvalue weighted by molar-refractivity contribution is -0.116. The van der Waals surface area contributed by atoms with Crippen LogP contribution >= 0.6 is 11.8 Å². The van der Waals surface area contributed by atoms with Gasteiger partial charge in [-0.2, -0.15) is 0 Å². The summed E-state index contributed by atoms with van der Waals surface area (Å²) in [6.45, 7) is 6.10. The van der Waals surface area contributed by atoms with E-state index in [1.807, 2.05) is 24.3 Å². The van der Waals surface area contributed by atoms with Crippen LogP contribution < -0.4 is 15.6 Å². The molecule has 1 aliphatic heterocycles. The molecule has 1 atom stereocenters. The van der Waals surface area contributed by atoms with Gasteiger partial charge in [-0.25, -0.2) is 4.98 Å². The Labute approximate surface area is 156 Å². The number of carbonyl (C=O) groups excluding carboxylic acids is 1. The molecule has 7 heteroatoms. The minimum atomic E-state index is -0.325. The van der Waals surface area contributed by atoms with E-state index in [1.54, 1.807) is 6.08 Å². The van der Waals surface area contributed by atoms with Gasteiger partial charge in [-0.15, -0.1) is 0 Å². The molecule has 0 aliphatic carbocycles. The number of thioether (sulfide) groups is 1. The summed E-state index contributed by atoms with van der Waals surface area (Å²) < 4.78 is 5.48. The fraction of sp³-hybridized carbons (Fsp3) is 0.316. The molecule has 6 nitrogen and oxygen atoms in total. The van der Waals surface area contributed by atoms with Gasteiger partial charge in [0.2, 0.25) is 5.91 Å². The predicted molar refractivity (Wildman–Crippen MR) is 103 cm³/mol. The lowest BCUT2D eigenvalue weighted by Gasteiger charge is -2.24. The quantitative estimate of drug-likeness (QED) is 0.443. The smallest absolute Gasteiger partial charge is 0.257 e. The van der Waals surface area contributed by atoms with E-state index in [-0.39, 0.29) is 23.8 Å². The molecule has 1 aromatic heterocycles. The number of nitrogens with one attached hydrogen (secondary N) is 2. The Balaban J connectivity index is 1.94. The molecule has 0 fully saturated rings. The van der Waals surface area contributed by atoms with Crippen molar-refractivity contribution < 1.29 is 9.53 Å². The lowest BCUT2D eigenvalue weighted by atomic mass is 9.87. The van der Waals surface area contributed by atoms with Crippen LogP contribution in [0.15, 0.2) is 46.9 Å². The maximum Gasteiger partial charge on any atom is 0.257 e. The van der Waals surface area contributed by atoms with Crippen LogP contribution in [0.3, 0.4) is 0 Å². The molecule has 3 rings (SSSR count). The number of H-pyrrole nitrogens is 1. The van der Waals surface area contributed by atoms with Crippen molar-refractivity contribution in [1.29, 1.82) is 0 Å². The van der Waals surface area contributed by atoms with Crippen LogP contribution in [0.1, 0.15) is 36.8 Å². The molecular formula is C19H21N3O3S. The molecular weight excluding hydrogens is 350 g/mol. The second-order valence-corrected chi connectivity index (χ2v) is 7.04. The number of benzene rings is 1. The third-order valence-corrected chi connectivity index (χ3v) is 5.10. The molecule has 136 valence electrons. The van der Waals surface area contributed by atoms with Gasteiger partial charge in [-0.1, -0.05) is 43.5 Å². The third kappa shape index (κ3) is 3.99. The highest BCUT2D eigenvalue weighted by Crippen LogP contribution is 2.35. The van der Waals surface area contributed by atoms with Crippen molar-refractivity contribution >= 4 is 23.5 Å². The third-order valence-electron chi connectivity index (χ3n) is 4.02. The van der Waals surface area contributed by atoms with Gasteiger partial charge < -0.3 is 15.0 Å². The Hall–Kier alpha value is -2.54. The summed E-state index contributed by atoms with van der Waals surface area (Å²) in [5.74, 6) is 1.46. The first-order chi connectivity index (χ1) is 12.6. The van der Waals surface area contributed by atoms with Gasteiger partial charge >= 0.3 is 0 Å². The molecule has 0 bridgehead atoms. The van der Waals surface area contributed by atoms with Gasteiger partial charge in [-0.05, 0) is 24.1 Å². The highest BCUT2D eigenvalue weighted by atomic mass is 32.2. The minimum Gasteiger partial charge on any atom is -0.490 e. The van der Waals surface area contributed by atoms with Gasteiger partial charge in [0.05, 0.1) is 5.56 Å². The zero-order chi connectivity index (χ0) is 18.5. The van der Waals surface area contributed by atoms with Gasteiger partial charge in [0.25, 0.3) is 5.56 Å². The Morgan fingerprint density at radius 1 is 1.35 bits per heavy atom. The average molecular weight is 371 g/mol. The van der Waals surface area contributed by atoms with Crippen LogP contribution in [-0.2, 0) is 4.79 Å². The largest absolute Gasteiger partial charge is 0.490 e. The molecule has 26 heavy (non-hydrogen) atoms. The number of rotatable bonds is 7. The first-order valence-corrected chi connectivity index (χ1v) is 9.51. The van der Waals surface area contributed by atoms with Crippen molar-refractivity contribution in [3.05, 3.63) is 58.4 Å². The summed E-state index contributed by atoms with van der Waals surface area (Å²) in [7, 11) is 0. The Morgan fingerprint density at radius 3 is 2.81 bits per heavy atom. The number of ether oxygens (including phenoxy) is 1. The average Bonchev–Trinajstić information content (AvgIpc) is 2.64. The highest BCUT2D eigenvalue weighted by molar-refractivity contribution is 7.99. The maximum atomic E-state index is 12.7. The zero-order valence-electron chi connectivity index (χ0n) is 14.6. The van der Waals surface area contributed by atoms with E-state index in [2.05, 4.69) is 28.8 Å². The maximum absolute atomic E-state index is 12.7. The molecule has 0 unspecified atom stereocenters. The van der Waals surface area contributed by atoms with E-state index in [0.717, 1.165) is 17.7 Å². The lowest BCUT2D eigenvalue weighted by Crippen LogP contribution is -2.31. The van der Waals surface area contributed by atoms with E-state index in [9.17, 15) is 9.59 Å². The van der Waals surface area contributed by atoms with E-state index >= 15 is 0 Å². The monoisotopic (exact) mass is 371 g/mol. The Bertz CT molecular complexity index is 861. The van der Waals surface area contributed by atoms with Crippen molar-refractivity contribution in [2.45, 2.75) is 30.8 Å². The minimum absolute atomic E-state index is 0.140. The summed E-state index contributed by atoms with van der Waals surface area (Å²) in [6.07, 6.45) is 2.86. The van der Waals surface area contributed by atoms with Crippen LogP contribution in [0.25, 0.3) is 0 Å². The second-order valence-electron chi connectivity index (χ2n) is 5.96. The molecule has 0 saturated heterocycles. The molecule has 2 aromatic rings. The fourth-order valence-corrected chi connectivity index (χ4v) is 3.57. The molecule has 0 saturated carbocycles. The topological polar surface area (TPSA) is 84.1 Å². The Morgan fingerprint density at radius 2 is 2.12 bits per heavy atom. The van der Waals surface area contributed by atoms with Crippen LogP contribution in [0.2, 0.25) is 0 Å². The van der Waals surface area contributed by atoms with Gasteiger partial charge in [-0.3, -0.25) is 9.59 Å². The number of anilines is 1. The van der Waals surface area contributed by atoms with E-state index in [4.69, 9.17) is 4.74 Å². The summed E-state index contributed by atoms with van der Waals surface area (Å²) in [4.78, 5) is 32.1. The molecule has 2 N–H and O–H groups in total. The molecule has 0 radical (unpaired) electrons. The van der Waals surface area contributed by atoms with Crippen molar-refractivity contribution in [3.8, 4) is 5.75 Å². The van der Waals surface area contributed by atoms with Crippen LogP contribution in [0, 0.1) is 0 Å². The number of nitrogens with zero attached hydrogens (tertiary/aromatic N) is 1. The SMILES string of the molecule is C=CCOc1ccc([C@H]2CC(=O)Nc3nc(SCCC)[nH]c(=O)c32)cc1. The number of fused-ring (bicyclic) bond motifs is 1.